The summed E-state index contributed by atoms with van der Waals surface area (Å²) in [6.45, 7) is 0.319. The number of imidazole rings is 1. The van der Waals surface area contributed by atoms with Crippen molar-refractivity contribution in [2.24, 2.45) is 5.73 Å². The molecule has 0 saturated heterocycles. The van der Waals surface area contributed by atoms with Crippen LogP contribution in [-0.4, -0.2) is 14.4 Å². The lowest BCUT2D eigenvalue weighted by Crippen LogP contribution is -1.96. The van der Waals surface area contributed by atoms with Crippen molar-refractivity contribution in [3.63, 3.8) is 0 Å². The van der Waals surface area contributed by atoms with Gasteiger partial charge in [0.2, 0.25) is 5.78 Å². The van der Waals surface area contributed by atoms with E-state index in [4.69, 9.17) is 17.3 Å². The number of halogens is 2. The fourth-order valence-corrected chi connectivity index (χ4v) is 1.61. The Morgan fingerprint density at radius 3 is 3.08 bits per heavy atom. The van der Waals surface area contributed by atoms with Gasteiger partial charge in [0.25, 0.3) is 0 Å². The molecule has 6 heteroatoms. The van der Waals surface area contributed by atoms with Crippen LogP contribution in [0.25, 0.3) is 5.78 Å². The van der Waals surface area contributed by atoms with E-state index in [2.05, 4.69) is 25.9 Å². The molecule has 0 aliphatic carbocycles. The summed E-state index contributed by atoms with van der Waals surface area (Å²) >= 11 is 9.29. The second-order valence-corrected chi connectivity index (χ2v) is 3.77. The van der Waals surface area contributed by atoms with E-state index in [1.165, 1.54) is 0 Å². The molecule has 0 unspecified atom stereocenters. The smallest absolute Gasteiger partial charge is 0.235 e. The average Bonchev–Trinajstić information content (AvgIpc) is 2.44. The molecular weight excluding hydrogens is 255 g/mol. The topological polar surface area (TPSA) is 56.2 Å². The van der Waals surface area contributed by atoms with Crippen molar-refractivity contribution >= 4 is 33.3 Å². The van der Waals surface area contributed by atoms with Crippen LogP contribution in [0.1, 0.15) is 5.69 Å². The zero-order valence-electron chi connectivity index (χ0n) is 6.54. The number of nitrogens with zero attached hydrogens (tertiary/aromatic N) is 3. The number of nitrogens with two attached hydrogens (primary N) is 1. The molecule has 0 amide bonds. The third-order valence-corrected chi connectivity index (χ3v) is 2.46. The van der Waals surface area contributed by atoms with Crippen LogP contribution >= 0.6 is 27.5 Å². The van der Waals surface area contributed by atoms with Crippen molar-refractivity contribution in [3.05, 3.63) is 27.7 Å². The van der Waals surface area contributed by atoms with Crippen molar-refractivity contribution in [1.29, 1.82) is 0 Å². The molecule has 68 valence electrons. The first kappa shape index (κ1) is 8.93. The van der Waals surface area contributed by atoms with Crippen LogP contribution in [0.5, 0.6) is 0 Å². The summed E-state index contributed by atoms with van der Waals surface area (Å²) in [4.78, 5) is 8.22. The van der Waals surface area contributed by atoms with E-state index in [0.717, 1.165) is 4.47 Å². The molecule has 0 atom stereocenters. The largest absolute Gasteiger partial charge is 0.325 e. The van der Waals surface area contributed by atoms with E-state index in [1.807, 2.05) is 0 Å². The predicted molar refractivity (Wildman–Crippen MR) is 53.6 cm³/mol. The van der Waals surface area contributed by atoms with Crippen molar-refractivity contribution in [1.82, 2.24) is 14.4 Å². The minimum absolute atomic E-state index is 0.319. The van der Waals surface area contributed by atoms with E-state index < -0.39 is 0 Å². The van der Waals surface area contributed by atoms with Crippen LogP contribution in [-0.2, 0) is 6.54 Å². The van der Waals surface area contributed by atoms with Gasteiger partial charge in [0.05, 0.1) is 10.2 Å². The van der Waals surface area contributed by atoms with Gasteiger partial charge in [0.15, 0.2) is 0 Å². The highest BCUT2D eigenvalue weighted by molar-refractivity contribution is 9.10. The van der Waals surface area contributed by atoms with E-state index >= 15 is 0 Å². The Hall–Kier alpha value is -0.650. The predicted octanol–water partition coefficient (Wildman–Crippen LogP) is 1.60. The maximum atomic E-state index is 5.99. The monoisotopic (exact) mass is 260 g/mol. The van der Waals surface area contributed by atoms with Gasteiger partial charge in [-0.25, -0.2) is 9.97 Å². The number of rotatable bonds is 1. The maximum Gasteiger partial charge on any atom is 0.235 e. The number of hydrogen-bond donors (Lipinski definition) is 1. The maximum absolute atomic E-state index is 5.99. The molecule has 2 heterocycles. The number of fused-ring (bicyclic) bond motifs is 1. The van der Waals surface area contributed by atoms with Gasteiger partial charge in [0, 0.05) is 18.9 Å². The highest BCUT2D eigenvalue weighted by Crippen LogP contribution is 2.18. The minimum atomic E-state index is 0.319. The van der Waals surface area contributed by atoms with Crippen LogP contribution in [0.3, 0.4) is 0 Å². The summed E-state index contributed by atoms with van der Waals surface area (Å²) in [5, 5.41) is 0.520. The summed E-state index contributed by atoms with van der Waals surface area (Å²) in [6, 6.07) is 0. The summed E-state index contributed by atoms with van der Waals surface area (Å²) in [5.74, 6) is 0.564. The van der Waals surface area contributed by atoms with Crippen LogP contribution in [0.4, 0.5) is 0 Å². The Morgan fingerprint density at radius 2 is 2.38 bits per heavy atom. The molecule has 0 aliphatic rings. The molecular formula is C7H6BrClN4. The molecule has 0 aliphatic heterocycles. The van der Waals surface area contributed by atoms with E-state index in [9.17, 15) is 0 Å². The van der Waals surface area contributed by atoms with Crippen LogP contribution < -0.4 is 5.73 Å². The standard InChI is InChI=1S/C7H6BrClN4/c8-4-2-11-7-12-5(1-10)6(9)13(7)3-4/h2-3H,1,10H2. The summed E-state index contributed by atoms with van der Waals surface area (Å²) in [5.41, 5.74) is 6.11. The lowest BCUT2D eigenvalue weighted by Gasteiger charge is -1.94. The third-order valence-electron chi connectivity index (χ3n) is 1.65. The number of hydrogen-bond acceptors (Lipinski definition) is 3. The Kier molecular flexibility index (Phi) is 2.23. The fourth-order valence-electron chi connectivity index (χ4n) is 1.06. The SMILES string of the molecule is NCc1nc2ncc(Br)cn2c1Cl. The highest BCUT2D eigenvalue weighted by atomic mass is 79.9. The molecule has 0 saturated carbocycles. The van der Waals surface area contributed by atoms with E-state index in [-0.39, 0.29) is 0 Å². The second-order valence-electron chi connectivity index (χ2n) is 2.50. The Balaban J connectivity index is 2.77. The third kappa shape index (κ3) is 1.43. The van der Waals surface area contributed by atoms with Crippen LogP contribution in [0.15, 0.2) is 16.9 Å². The van der Waals surface area contributed by atoms with Gasteiger partial charge in [-0.15, -0.1) is 0 Å². The second kappa shape index (κ2) is 3.25. The molecule has 2 N–H and O–H groups in total. The Bertz CT molecular complexity index is 453. The van der Waals surface area contributed by atoms with E-state index in [1.54, 1.807) is 16.8 Å². The zero-order chi connectivity index (χ0) is 9.42. The summed E-state index contributed by atoms with van der Waals surface area (Å²) in [6.07, 6.45) is 3.47. The van der Waals surface area contributed by atoms with Gasteiger partial charge in [0.1, 0.15) is 5.15 Å². The van der Waals surface area contributed by atoms with Gasteiger partial charge in [-0.05, 0) is 15.9 Å². The molecule has 0 fully saturated rings. The summed E-state index contributed by atoms with van der Waals surface area (Å²) in [7, 11) is 0. The Labute approximate surface area is 87.9 Å². The van der Waals surface area contributed by atoms with Crippen molar-refractivity contribution in [3.8, 4) is 0 Å². The molecule has 0 bridgehead atoms. The highest BCUT2D eigenvalue weighted by Gasteiger charge is 2.08. The zero-order valence-corrected chi connectivity index (χ0v) is 8.88. The average molecular weight is 262 g/mol. The molecule has 2 rings (SSSR count). The molecule has 13 heavy (non-hydrogen) atoms. The van der Waals surface area contributed by atoms with Crippen molar-refractivity contribution in [2.45, 2.75) is 6.54 Å². The van der Waals surface area contributed by atoms with Gasteiger partial charge in [-0.1, -0.05) is 11.6 Å². The number of aromatic nitrogens is 3. The van der Waals surface area contributed by atoms with Gasteiger partial charge >= 0.3 is 0 Å². The first-order valence-electron chi connectivity index (χ1n) is 3.60. The molecule has 0 spiro atoms. The molecule has 0 radical (unpaired) electrons. The quantitative estimate of drug-likeness (QED) is 0.848. The van der Waals surface area contributed by atoms with Gasteiger partial charge < -0.3 is 5.73 Å². The molecule has 2 aromatic heterocycles. The first-order valence-corrected chi connectivity index (χ1v) is 4.77. The molecule has 4 nitrogen and oxygen atoms in total. The molecule has 0 aromatic carbocycles. The van der Waals surface area contributed by atoms with Crippen molar-refractivity contribution < 1.29 is 0 Å². The van der Waals surface area contributed by atoms with Gasteiger partial charge in [-0.3, -0.25) is 4.40 Å². The van der Waals surface area contributed by atoms with Crippen molar-refractivity contribution in [2.75, 3.05) is 0 Å². The first-order chi connectivity index (χ1) is 6.22. The summed E-state index contributed by atoms with van der Waals surface area (Å²) < 4.78 is 2.54. The van der Waals surface area contributed by atoms with Gasteiger partial charge in [-0.2, -0.15) is 0 Å². The Morgan fingerprint density at radius 1 is 1.62 bits per heavy atom. The minimum Gasteiger partial charge on any atom is -0.325 e. The molecule has 2 aromatic rings. The fraction of sp³-hybridized carbons (Fsp3) is 0.143. The van der Waals surface area contributed by atoms with E-state index in [0.29, 0.717) is 23.2 Å². The normalized spacial score (nSPS) is 11.0. The lowest BCUT2D eigenvalue weighted by atomic mass is 10.5. The lowest BCUT2D eigenvalue weighted by molar-refractivity contribution is 1.01. The van der Waals surface area contributed by atoms with Crippen LogP contribution in [0, 0.1) is 0 Å². The van der Waals surface area contributed by atoms with Crippen LogP contribution in [0.2, 0.25) is 5.15 Å².